The Balaban J connectivity index is 1.73. The minimum atomic E-state index is -1.26. The maximum absolute atomic E-state index is 15.4. The molecule has 1 aliphatic heterocycles. The molecule has 2 aromatic heterocycles. The van der Waals surface area contributed by atoms with E-state index >= 15 is 4.39 Å². The number of hydrogen-bond acceptors (Lipinski definition) is 7. The molecule has 38 heavy (non-hydrogen) atoms. The van der Waals surface area contributed by atoms with Crippen molar-refractivity contribution in [3.8, 4) is 11.3 Å². The van der Waals surface area contributed by atoms with Gasteiger partial charge in [-0.05, 0) is 60.1 Å². The number of nitrogens with zero attached hydrogens (tertiary/aromatic N) is 5. The molecule has 1 fully saturated rings. The summed E-state index contributed by atoms with van der Waals surface area (Å²) in [6, 6.07) is 2.85. The lowest BCUT2D eigenvalue weighted by atomic mass is 9.89. The number of hydrogen-bond donors (Lipinski definition) is 3. The molecule has 0 radical (unpaired) electrons. The van der Waals surface area contributed by atoms with Crippen LogP contribution in [0.3, 0.4) is 0 Å². The molecule has 0 amide bonds. The predicted molar refractivity (Wildman–Crippen MR) is 150 cm³/mol. The van der Waals surface area contributed by atoms with Crippen molar-refractivity contribution in [2.45, 2.75) is 97.2 Å². The molecule has 10 heteroatoms. The van der Waals surface area contributed by atoms with Gasteiger partial charge in [0.2, 0.25) is 5.95 Å². The van der Waals surface area contributed by atoms with Crippen LogP contribution in [0.2, 0.25) is 5.02 Å². The standard InChI is InChI=1S/C28H38ClFN6O2/c1-9-21-25(37)20(10-16(6)35(21)14(2)3)32-27-31-13-18(29)23(34-27)17-11-19(30)24-22(12-17)36(15(4)5)26(33-24)28(7,8)38/h11-15,20-21,25,37-38H,6,9-10H2,1-5,7-8H3,(H,31,32,34)/t20?,21-,25-/m1/s1. The van der Waals surface area contributed by atoms with E-state index in [1.165, 1.54) is 12.3 Å². The highest BCUT2D eigenvalue weighted by atomic mass is 35.5. The van der Waals surface area contributed by atoms with E-state index in [1.54, 1.807) is 19.9 Å². The van der Waals surface area contributed by atoms with Crippen LogP contribution in [-0.4, -0.2) is 58.9 Å². The molecule has 1 saturated heterocycles. The summed E-state index contributed by atoms with van der Waals surface area (Å²) in [6.07, 6.45) is 2.10. The third kappa shape index (κ3) is 5.11. The van der Waals surface area contributed by atoms with Crippen molar-refractivity contribution in [2.75, 3.05) is 5.32 Å². The number of anilines is 1. The third-order valence-corrected chi connectivity index (χ3v) is 7.38. The Bertz CT molecular complexity index is 1350. The molecule has 4 rings (SSSR count). The SMILES string of the molecule is C=C1CC(Nc2ncc(Cl)c(-c3cc(F)c4nc(C(C)(C)O)n(C(C)C)c4c3)n2)[C@@H](O)[C@@H](CC)N1C(C)C. The minimum absolute atomic E-state index is 0.0769. The van der Waals surface area contributed by atoms with E-state index in [1.807, 2.05) is 25.3 Å². The number of piperidine rings is 1. The zero-order valence-electron chi connectivity index (χ0n) is 23.1. The fraction of sp³-hybridized carbons (Fsp3) is 0.536. The Labute approximate surface area is 228 Å². The van der Waals surface area contributed by atoms with Gasteiger partial charge in [0.1, 0.15) is 16.9 Å². The van der Waals surface area contributed by atoms with Crippen molar-refractivity contribution >= 4 is 28.6 Å². The average molecular weight is 545 g/mol. The van der Waals surface area contributed by atoms with Crippen LogP contribution >= 0.6 is 11.6 Å². The Morgan fingerprint density at radius 3 is 2.47 bits per heavy atom. The van der Waals surface area contributed by atoms with Gasteiger partial charge in [0, 0.05) is 29.8 Å². The molecule has 206 valence electrons. The van der Waals surface area contributed by atoms with E-state index in [-0.39, 0.29) is 40.7 Å². The summed E-state index contributed by atoms with van der Waals surface area (Å²) in [5.41, 5.74) is 1.21. The molecule has 3 atom stereocenters. The number of fused-ring (bicyclic) bond motifs is 1. The van der Waals surface area contributed by atoms with Crippen LogP contribution in [0.1, 0.15) is 73.2 Å². The van der Waals surface area contributed by atoms with Crippen molar-refractivity contribution in [1.29, 1.82) is 0 Å². The molecule has 1 aromatic carbocycles. The van der Waals surface area contributed by atoms with Gasteiger partial charge in [-0.15, -0.1) is 0 Å². The number of aliphatic hydroxyl groups is 2. The zero-order valence-corrected chi connectivity index (χ0v) is 23.9. The number of nitrogens with one attached hydrogen (secondary N) is 1. The quantitative estimate of drug-likeness (QED) is 0.354. The van der Waals surface area contributed by atoms with Crippen molar-refractivity contribution in [2.24, 2.45) is 0 Å². The summed E-state index contributed by atoms with van der Waals surface area (Å²) in [6.45, 7) is 17.6. The molecule has 0 bridgehead atoms. The van der Waals surface area contributed by atoms with Gasteiger partial charge in [0.05, 0.1) is 40.6 Å². The molecule has 1 aliphatic rings. The number of benzene rings is 1. The topological polar surface area (TPSA) is 99.3 Å². The van der Waals surface area contributed by atoms with Crippen LogP contribution in [-0.2, 0) is 5.60 Å². The number of aromatic nitrogens is 4. The number of halogens is 2. The van der Waals surface area contributed by atoms with E-state index in [2.05, 4.69) is 45.6 Å². The molecule has 8 nitrogen and oxygen atoms in total. The van der Waals surface area contributed by atoms with Gasteiger partial charge in [0.25, 0.3) is 0 Å². The van der Waals surface area contributed by atoms with Crippen molar-refractivity contribution in [3.63, 3.8) is 0 Å². The van der Waals surface area contributed by atoms with E-state index in [0.717, 1.165) is 12.1 Å². The predicted octanol–water partition coefficient (Wildman–Crippen LogP) is 5.64. The van der Waals surface area contributed by atoms with Gasteiger partial charge in [-0.2, -0.15) is 0 Å². The summed E-state index contributed by atoms with van der Waals surface area (Å²) in [7, 11) is 0. The maximum atomic E-state index is 15.4. The summed E-state index contributed by atoms with van der Waals surface area (Å²) in [5.74, 6) is 0.122. The van der Waals surface area contributed by atoms with Gasteiger partial charge < -0.3 is 25.0 Å². The first-order valence-corrected chi connectivity index (χ1v) is 13.5. The second-order valence-electron chi connectivity index (χ2n) is 11.2. The highest BCUT2D eigenvalue weighted by Gasteiger charge is 2.39. The monoisotopic (exact) mass is 544 g/mol. The lowest BCUT2D eigenvalue weighted by molar-refractivity contribution is 0.0107. The fourth-order valence-electron chi connectivity index (χ4n) is 5.52. The molecular formula is C28H38ClFN6O2. The number of rotatable bonds is 7. The van der Waals surface area contributed by atoms with E-state index < -0.39 is 17.5 Å². The largest absolute Gasteiger partial charge is 0.389 e. The van der Waals surface area contributed by atoms with Crippen LogP contribution < -0.4 is 5.32 Å². The van der Waals surface area contributed by atoms with Crippen molar-refractivity contribution in [1.82, 2.24) is 24.4 Å². The van der Waals surface area contributed by atoms with Crippen LogP contribution in [0.5, 0.6) is 0 Å². The summed E-state index contributed by atoms with van der Waals surface area (Å²) >= 11 is 6.50. The number of likely N-dealkylation sites (tertiary alicyclic amines) is 1. The van der Waals surface area contributed by atoms with Crippen molar-refractivity contribution < 1.29 is 14.6 Å². The van der Waals surface area contributed by atoms with Crippen LogP contribution in [0.4, 0.5) is 10.3 Å². The van der Waals surface area contributed by atoms with Crippen LogP contribution in [0.15, 0.2) is 30.6 Å². The van der Waals surface area contributed by atoms with E-state index in [9.17, 15) is 10.2 Å². The van der Waals surface area contributed by atoms with Gasteiger partial charge in [-0.1, -0.05) is 25.1 Å². The Morgan fingerprint density at radius 1 is 1.21 bits per heavy atom. The smallest absolute Gasteiger partial charge is 0.223 e. The Morgan fingerprint density at radius 2 is 1.89 bits per heavy atom. The fourth-order valence-corrected chi connectivity index (χ4v) is 5.72. The minimum Gasteiger partial charge on any atom is -0.389 e. The third-order valence-electron chi connectivity index (χ3n) is 7.10. The normalized spacial score (nSPS) is 20.7. The molecule has 3 heterocycles. The summed E-state index contributed by atoms with van der Waals surface area (Å²) in [5, 5.41) is 25.4. The van der Waals surface area contributed by atoms with Crippen LogP contribution in [0, 0.1) is 5.82 Å². The maximum Gasteiger partial charge on any atom is 0.223 e. The molecular weight excluding hydrogens is 507 g/mol. The van der Waals surface area contributed by atoms with Gasteiger partial charge in [-0.25, -0.2) is 19.3 Å². The molecule has 3 N–H and O–H groups in total. The second kappa shape index (κ2) is 10.4. The zero-order chi connectivity index (χ0) is 28.1. The molecule has 0 saturated carbocycles. The average Bonchev–Trinajstić information content (AvgIpc) is 3.23. The first kappa shape index (κ1) is 28.3. The second-order valence-corrected chi connectivity index (χ2v) is 11.6. The first-order valence-electron chi connectivity index (χ1n) is 13.1. The van der Waals surface area contributed by atoms with E-state index in [0.29, 0.717) is 29.0 Å². The molecule has 0 spiro atoms. The first-order chi connectivity index (χ1) is 17.7. The molecule has 0 aliphatic carbocycles. The number of imidazole rings is 1. The van der Waals surface area contributed by atoms with Gasteiger partial charge in [-0.3, -0.25) is 0 Å². The summed E-state index contributed by atoms with van der Waals surface area (Å²) < 4.78 is 17.2. The number of aliphatic hydroxyl groups excluding tert-OH is 1. The summed E-state index contributed by atoms with van der Waals surface area (Å²) in [4.78, 5) is 15.6. The van der Waals surface area contributed by atoms with Gasteiger partial charge >= 0.3 is 0 Å². The highest BCUT2D eigenvalue weighted by molar-refractivity contribution is 6.33. The lowest BCUT2D eigenvalue weighted by Gasteiger charge is -2.47. The van der Waals surface area contributed by atoms with Crippen LogP contribution in [0.25, 0.3) is 22.3 Å². The van der Waals surface area contributed by atoms with Gasteiger partial charge in [0.15, 0.2) is 5.82 Å². The van der Waals surface area contributed by atoms with E-state index in [4.69, 9.17) is 11.6 Å². The molecule has 1 unspecified atom stereocenters. The highest BCUT2D eigenvalue weighted by Crippen LogP contribution is 2.35. The Hall–Kier alpha value is -2.75. The van der Waals surface area contributed by atoms with Crippen molar-refractivity contribution in [3.05, 3.63) is 47.3 Å². The lowest BCUT2D eigenvalue weighted by Crippen LogP contribution is -2.57. The Kier molecular flexibility index (Phi) is 7.76. The molecule has 3 aromatic rings.